The van der Waals surface area contributed by atoms with Crippen LogP contribution in [0.3, 0.4) is 0 Å². The minimum atomic E-state index is 1.00. The first-order chi connectivity index (χ1) is 36.7. The molecular weight excluding hydrogens is 897 g/mol. The number of allylic oxidation sites excluding steroid dienone is 2. The summed E-state index contributed by atoms with van der Waals surface area (Å²) in [4.78, 5) is 7.24. The van der Waals surface area contributed by atoms with Crippen LogP contribution in [0.15, 0.2) is 310 Å². The Morgan fingerprint density at radius 3 is 1.18 bits per heavy atom. The molecule has 12 rings (SSSR count). The Labute approximate surface area is 434 Å². The number of hydrogen-bond donors (Lipinski definition) is 1. The Balaban J connectivity index is 0.000000529. The summed E-state index contributed by atoms with van der Waals surface area (Å²) in [7, 11) is 0. The lowest BCUT2D eigenvalue weighted by Gasteiger charge is -2.34. The molecule has 0 amide bonds. The van der Waals surface area contributed by atoms with E-state index < -0.39 is 0 Å². The Hall–Kier alpha value is -9.90. The highest BCUT2D eigenvalue weighted by Crippen LogP contribution is 2.53. The Kier molecular flexibility index (Phi) is 13.8. The molecule has 0 aliphatic rings. The zero-order valence-electron chi connectivity index (χ0n) is 41.0. The first kappa shape index (κ1) is 46.5. The second-order valence-corrected chi connectivity index (χ2v) is 17.9. The van der Waals surface area contributed by atoms with Gasteiger partial charge in [0.15, 0.2) is 0 Å². The van der Waals surface area contributed by atoms with Crippen molar-refractivity contribution in [3.8, 4) is 0 Å². The molecule has 4 heteroatoms. The van der Waals surface area contributed by atoms with Crippen molar-refractivity contribution in [2.45, 2.75) is 0 Å². The molecule has 0 spiro atoms. The Bertz CT molecular complexity index is 3730. The fourth-order valence-electron chi connectivity index (χ4n) is 9.76. The molecule has 0 saturated heterocycles. The number of fused-ring (bicyclic) bond motifs is 3. The summed E-state index contributed by atoms with van der Waals surface area (Å²) < 4.78 is 0. The fourth-order valence-corrected chi connectivity index (χ4v) is 9.76. The molecule has 0 unspecified atom stereocenters. The van der Waals surface area contributed by atoms with Crippen molar-refractivity contribution >= 4 is 101 Å². The first-order valence-electron chi connectivity index (χ1n) is 25.0. The van der Waals surface area contributed by atoms with Crippen LogP contribution in [0.1, 0.15) is 5.56 Å². The predicted octanol–water partition coefficient (Wildman–Crippen LogP) is 20.2. The quantitative estimate of drug-likeness (QED) is 0.0706. The van der Waals surface area contributed by atoms with Gasteiger partial charge in [-0.3, -0.25) is 0 Å². The summed E-state index contributed by atoms with van der Waals surface area (Å²) in [6.07, 6.45) is 5.72. The normalized spacial score (nSPS) is 11.0. The zero-order chi connectivity index (χ0) is 49.9. The molecule has 1 N–H and O–H groups in total. The van der Waals surface area contributed by atoms with Crippen LogP contribution in [0.25, 0.3) is 38.4 Å². The highest BCUT2D eigenvalue weighted by Gasteiger charge is 2.27. The molecule has 354 valence electrons. The summed E-state index contributed by atoms with van der Waals surface area (Å²) in [5.41, 5.74) is 12.9. The molecule has 0 aromatic heterocycles. The van der Waals surface area contributed by atoms with Gasteiger partial charge in [-0.1, -0.05) is 207 Å². The van der Waals surface area contributed by atoms with Crippen LogP contribution in [0.4, 0.5) is 62.6 Å². The van der Waals surface area contributed by atoms with E-state index in [0.717, 1.165) is 84.1 Å². The maximum absolute atomic E-state index is 3.74. The van der Waals surface area contributed by atoms with Crippen LogP contribution in [0.2, 0.25) is 0 Å². The van der Waals surface area contributed by atoms with Crippen molar-refractivity contribution in [1.82, 2.24) is 0 Å². The van der Waals surface area contributed by atoms with Gasteiger partial charge in [-0.15, -0.1) is 0 Å². The number of nitrogens with zero attached hydrogens (tertiary/aromatic N) is 3. The highest BCUT2D eigenvalue weighted by molar-refractivity contribution is 6.24. The number of benzene rings is 12. The van der Waals surface area contributed by atoms with Gasteiger partial charge in [0, 0.05) is 72.7 Å². The molecule has 4 nitrogen and oxygen atoms in total. The van der Waals surface area contributed by atoms with Gasteiger partial charge in [0.25, 0.3) is 0 Å². The minimum absolute atomic E-state index is 1.00. The molecule has 0 heterocycles. The number of hydrogen-bond acceptors (Lipinski definition) is 4. The smallest absolute Gasteiger partial charge is 0.0620 e. The molecule has 74 heavy (non-hydrogen) atoms. The summed E-state index contributed by atoms with van der Waals surface area (Å²) in [5, 5.41) is 10.6. The van der Waals surface area contributed by atoms with E-state index >= 15 is 0 Å². The number of para-hydroxylation sites is 6. The van der Waals surface area contributed by atoms with Crippen LogP contribution in [0.5, 0.6) is 0 Å². The van der Waals surface area contributed by atoms with Crippen LogP contribution < -0.4 is 20.0 Å². The van der Waals surface area contributed by atoms with Gasteiger partial charge in [-0.05, 0) is 126 Å². The predicted molar refractivity (Wildman–Crippen MR) is 318 cm³/mol. The number of anilines is 11. The molecule has 0 aliphatic carbocycles. The van der Waals surface area contributed by atoms with Gasteiger partial charge in [-0.2, -0.15) is 0 Å². The molecule has 0 radical (unpaired) electrons. The van der Waals surface area contributed by atoms with E-state index in [9.17, 15) is 0 Å². The first-order valence-corrected chi connectivity index (χ1v) is 25.0. The van der Waals surface area contributed by atoms with E-state index in [1.54, 1.807) is 6.08 Å². The SMILES string of the molecule is C=C/C=C\c1ccccc1.c1ccc(Nc2ccc3c(N(c4ccccc4)c4ccccc4)c4cc(N(c5ccccc5)c5ccc6ccccc6c5)ccc4c(N(c4ccccc4)c4ccccc4)c3c2)cc1. The van der Waals surface area contributed by atoms with E-state index in [-0.39, 0.29) is 0 Å². The van der Waals surface area contributed by atoms with Crippen molar-refractivity contribution < 1.29 is 0 Å². The van der Waals surface area contributed by atoms with Crippen molar-refractivity contribution in [1.29, 1.82) is 0 Å². The third-order valence-electron chi connectivity index (χ3n) is 13.1. The Morgan fingerprint density at radius 1 is 0.284 bits per heavy atom. The summed E-state index contributed by atoms with van der Waals surface area (Å²) in [6, 6.07) is 103. The minimum Gasteiger partial charge on any atom is -0.356 e. The summed E-state index contributed by atoms with van der Waals surface area (Å²) in [5.74, 6) is 0. The maximum Gasteiger partial charge on any atom is 0.0620 e. The van der Waals surface area contributed by atoms with Gasteiger partial charge < -0.3 is 20.0 Å². The van der Waals surface area contributed by atoms with Gasteiger partial charge >= 0.3 is 0 Å². The molecule has 0 aliphatic heterocycles. The third kappa shape index (κ3) is 10.0. The standard InChI is InChI=1S/C60H44N4.C10H10/c1-7-23-46(24-8-1)61-47-36-39-55-57(42-47)59(63(49-27-11-3-12-28-49)50-29-13-4-14-30-50)56-40-38-54(43-58(56)60(55)64(51-31-15-5-16-32-51)52-33-17-6-18-34-52)62(48-25-9-2-10-26-48)53-37-35-44-21-19-20-22-45(44)41-53;1-2-3-7-10-8-5-4-6-9-10/h1-43,61H;2-9H,1H2/b;7-3-. The van der Waals surface area contributed by atoms with E-state index in [0.29, 0.717) is 0 Å². The maximum atomic E-state index is 3.74. The van der Waals surface area contributed by atoms with E-state index in [1.807, 2.05) is 30.4 Å². The van der Waals surface area contributed by atoms with E-state index in [1.165, 1.54) is 16.3 Å². The monoisotopic (exact) mass is 950 g/mol. The van der Waals surface area contributed by atoms with Crippen LogP contribution in [0, 0.1) is 0 Å². The molecule has 12 aromatic carbocycles. The van der Waals surface area contributed by atoms with E-state index in [2.05, 4.69) is 300 Å². The van der Waals surface area contributed by atoms with Crippen LogP contribution in [-0.4, -0.2) is 0 Å². The molecular formula is C70H54N4. The van der Waals surface area contributed by atoms with Crippen LogP contribution in [-0.2, 0) is 0 Å². The van der Waals surface area contributed by atoms with Gasteiger partial charge in [0.2, 0.25) is 0 Å². The van der Waals surface area contributed by atoms with Crippen molar-refractivity contribution in [3.05, 3.63) is 315 Å². The van der Waals surface area contributed by atoms with Crippen LogP contribution >= 0.6 is 0 Å². The Morgan fingerprint density at radius 2 is 0.676 bits per heavy atom. The van der Waals surface area contributed by atoms with E-state index in [4.69, 9.17) is 0 Å². The van der Waals surface area contributed by atoms with Gasteiger partial charge in [-0.25, -0.2) is 0 Å². The molecule has 0 atom stereocenters. The molecule has 0 saturated carbocycles. The summed E-state index contributed by atoms with van der Waals surface area (Å²) in [6.45, 7) is 3.59. The second-order valence-electron chi connectivity index (χ2n) is 17.9. The molecule has 12 aromatic rings. The average molecular weight is 951 g/mol. The lowest BCUT2D eigenvalue weighted by Crippen LogP contribution is -2.15. The average Bonchev–Trinajstić information content (AvgIpc) is 3.48. The zero-order valence-corrected chi connectivity index (χ0v) is 41.0. The number of nitrogens with one attached hydrogen (secondary N) is 1. The lowest BCUT2D eigenvalue weighted by molar-refractivity contribution is 1.28. The molecule has 0 fully saturated rings. The van der Waals surface area contributed by atoms with Gasteiger partial charge in [0.1, 0.15) is 0 Å². The van der Waals surface area contributed by atoms with Crippen molar-refractivity contribution in [3.63, 3.8) is 0 Å². The topological polar surface area (TPSA) is 21.8 Å². The fraction of sp³-hybridized carbons (Fsp3) is 0. The van der Waals surface area contributed by atoms with Crippen molar-refractivity contribution in [2.75, 3.05) is 20.0 Å². The number of rotatable bonds is 13. The second kappa shape index (κ2) is 22.0. The largest absolute Gasteiger partial charge is 0.356 e. The van der Waals surface area contributed by atoms with Crippen molar-refractivity contribution in [2.24, 2.45) is 0 Å². The lowest BCUT2D eigenvalue weighted by atomic mass is 9.94. The molecule has 0 bridgehead atoms. The third-order valence-corrected chi connectivity index (χ3v) is 13.1. The van der Waals surface area contributed by atoms with Gasteiger partial charge in [0.05, 0.1) is 11.4 Å². The summed E-state index contributed by atoms with van der Waals surface area (Å²) >= 11 is 0. The highest BCUT2D eigenvalue weighted by atomic mass is 15.2.